The summed E-state index contributed by atoms with van der Waals surface area (Å²) >= 11 is 0. The number of aliphatic carboxylic acids is 1. The van der Waals surface area contributed by atoms with Crippen molar-refractivity contribution < 1.29 is 19.4 Å². The van der Waals surface area contributed by atoms with Crippen LogP contribution in [-0.4, -0.2) is 29.3 Å². The highest BCUT2D eigenvalue weighted by Crippen LogP contribution is 2.15. The predicted octanol–water partition coefficient (Wildman–Crippen LogP) is 5.30. The largest absolute Gasteiger partial charge is 0.480 e. The van der Waals surface area contributed by atoms with Crippen LogP contribution in [0.15, 0.2) is 12.7 Å². The Bertz CT molecular complexity index is 382. The second-order valence-corrected chi connectivity index (χ2v) is 7.11. The van der Waals surface area contributed by atoms with Crippen molar-refractivity contribution in [2.75, 3.05) is 0 Å². The number of hydrogen-bond acceptors (Lipinski definition) is 3. The molecule has 5 heteroatoms. The van der Waals surface area contributed by atoms with E-state index in [-0.39, 0.29) is 12.0 Å². The molecule has 1 unspecified atom stereocenters. The highest BCUT2D eigenvalue weighted by molar-refractivity contribution is 5.79. The van der Waals surface area contributed by atoms with Gasteiger partial charge in [-0.1, -0.05) is 52.5 Å². The van der Waals surface area contributed by atoms with Crippen molar-refractivity contribution in [2.24, 2.45) is 5.92 Å². The predicted molar refractivity (Wildman–Crippen MR) is 102 cm³/mol. The first kappa shape index (κ1) is 23.5. The highest BCUT2D eigenvalue weighted by Gasteiger charge is 2.23. The van der Waals surface area contributed by atoms with Crippen LogP contribution in [0.4, 0.5) is 4.79 Å². The Morgan fingerprint density at radius 2 is 1.76 bits per heavy atom. The summed E-state index contributed by atoms with van der Waals surface area (Å²) in [6.07, 6.45) is 10.7. The van der Waals surface area contributed by atoms with E-state index in [0.717, 1.165) is 38.5 Å². The maximum Gasteiger partial charge on any atom is 0.408 e. The lowest BCUT2D eigenvalue weighted by Gasteiger charge is -2.21. The Balaban J connectivity index is 4.44. The number of hydrogen-bond donors (Lipinski definition) is 2. The monoisotopic (exact) mass is 355 g/mol. The fourth-order valence-corrected chi connectivity index (χ4v) is 2.75. The van der Waals surface area contributed by atoms with Crippen LogP contribution in [-0.2, 0) is 9.53 Å². The number of alkyl carbamates (subject to hydrolysis) is 1. The Kier molecular flexibility index (Phi) is 13.9. The van der Waals surface area contributed by atoms with Crippen LogP contribution in [0.5, 0.6) is 0 Å². The minimum absolute atomic E-state index is 0.157. The SMILES string of the molecule is C=CCCCC(CCCCCCC)OC(=O)N[C@@H](CC(C)C)C(=O)O. The van der Waals surface area contributed by atoms with Gasteiger partial charge in [-0.3, -0.25) is 0 Å². The van der Waals surface area contributed by atoms with Crippen molar-refractivity contribution >= 4 is 12.1 Å². The quantitative estimate of drug-likeness (QED) is 0.309. The van der Waals surface area contributed by atoms with E-state index in [1.807, 2.05) is 19.9 Å². The molecule has 0 rings (SSSR count). The molecule has 2 atom stereocenters. The van der Waals surface area contributed by atoms with Gasteiger partial charge in [0.1, 0.15) is 12.1 Å². The molecule has 2 N–H and O–H groups in total. The number of carbonyl (C=O) groups excluding carboxylic acids is 1. The molecular weight excluding hydrogens is 318 g/mol. The maximum absolute atomic E-state index is 12.1. The Morgan fingerprint density at radius 1 is 1.12 bits per heavy atom. The molecule has 0 heterocycles. The molecule has 0 saturated heterocycles. The third-order valence-electron chi connectivity index (χ3n) is 4.13. The number of amides is 1. The van der Waals surface area contributed by atoms with Gasteiger partial charge in [0.15, 0.2) is 0 Å². The van der Waals surface area contributed by atoms with E-state index in [2.05, 4.69) is 18.8 Å². The molecule has 0 radical (unpaired) electrons. The summed E-state index contributed by atoms with van der Waals surface area (Å²) < 4.78 is 5.52. The van der Waals surface area contributed by atoms with Gasteiger partial charge < -0.3 is 15.2 Å². The molecule has 0 saturated carbocycles. The van der Waals surface area contributed by atoms with E-state index in [0.29, 0.717) is 6.42 Å². The number of carboxylic acids is 1. The second kappa shape index (κ2) is 14.8. The zero-order valence-corrected chi connectivity index (χ0v) is 16.3. The second-order valence-electron chi connectivity index (χ2n) is 7.11. The first-order valence-electron chi connectivity index (χ1n) is 9.71. The van der Waals surface area contributed by atoms with Gasteiger partial charge in [0.25, 0.3) is 0 Å². The number of ether oxygens (including phenoxy) is 1. The molecule has 0 aliphatic rings. The first-order chi connectivity index (χ1) is 11.9. The highest BCUT2D eigenvalue weighted by atomic mass is 16.6. The van der Waals surface area contributed by atoms with E-state index >= 15 is 0 Å². The number of rotatable bonds is 15. The molecule has 0 fully saturated rings. The Morgan fingerprint density at radius 3 is 2.32 bits per heavy atom. The number of carboxylic acid groups (broad SMARTS) is 1. The first-order valence-corrected chi connectivity index (χ1v) is 9.71. The summed E-state index contributed by atoms with van der Waals surface area (Å²) in [6, 6.07) is -0.897. The minimum atomic E-state index is -1.02. The molecule has 1 amide bonds. The van der Waals surface area contributed by atoms with Gasteiger partial charge in [-0.15, -0.1) is 6.58 Å². The van der Waals surface area contributed by atoms with Crippen LogP contribution in [0.25, 0.3) is 0 Å². The van der Waals surface area contributed by atoms with Crippen LogP contribution in [0.2, 0.25) is 0 Å². The maximum atomic E-state index is 12.1. The van der Waals surface area contributed by atoms with Crippen molar-refractivity contribution in [3.8, 4) is 0 Å². The average molecular weight is 356 g/mol. The van der Waals surface area contributed by atoms with E-state index < -0.39 is 18.1 Å². The van der Waals surface area contributed by atoms with Crippen LogP contribution in [0, 0.1) is 5.92 Å². The molecule has 0 aliphatic heterocycles. The smallest absolute Gasteiger partial charge is 0.408 e. The van der Waals surface area contributed by atoms with Crippen LogP contribution >= 0.6 is 0 Å². The van der Waals surface area contributed by atoms with Gasteiger partial charge in [-0.2, -0.15) is 0 Å². The fourth-order valence-electron chi connectivity index (χ4n) is 2.75. The number of carbonyl (C=O) groups is 2. The summed E-state index contributed by atoms with van der Waals surface area (Å²) in [6.45, 7) is 9.75. The Hall–Kier alpha value is -1.52. The van der Waals surface area contributed by atoms with Crippen molar-refractivity contribution in [2.45, 2.75) is 97.1 Å². The third-order valence-corrected chi connectivity index (χ3v) is 4.13. The molecule has 0 aromatic heterocycles. The molecule has 0 aliphatic carbocycles. The van der Waals surface area contributed by atoms with Crippen molar-refractivity contribution in [3.05, 3.63) is 12.7 Å². The van der Waals surface area contributed by atoms with Gasteiger partial charge in [-0.05, 0) is 44.4 Å². The minimum Gasteiger partial charge on any atom is -0.480 e. The molecular formula is C20H37NO4. The molecule has 5 nitrogen and oxygen atoms in total. The lowest BCUT2D eigenvalue weighted by Crippen LogP contribution is -2.43. The van der Waals surface area contributed by atoms with Crippen LogP contribution in [0.3, 0.4) is 0 Å². The lowest BCUT2D eigenvalue weighted by atomic mass is 10.0. The molecule has 0 aromatic rings. The van der Waals surface area contributed by atoms with Gasteiger partial charge >= 0.3 is 12.1 Å². The summed E-state index contributed by atoms with van der Waals surface area (Å²) in [5, 5.41) is 11.7. The normalized spacial score (nSPS) is 13.3. The van der Waals surface area contributed by atoms with Gasteiger partial charge in [0.05, 0.1) is 0 Å². The standard InChI is InChI=1S/C20H37NO4/c1-5-7-9-10-12-14-17(13-11-8-6-2)25-20(24)21-18(19(22)23)15-16(3)4/h6,16-18H,2,5,7-15H2,1,3-4H3,(H,21,24)(H,22,23)/t17?,18-/m0/s1. The van der Waals surface area contributed by atoms with E-state index in [9.17, 15) is 14.7 Å². The Labute approximate surface area is 153 Å². The molecule has 0 bridgehead atoms. The number of nitrogens with one attached hydrogen (secondary N) is 1. The fraction of sp³-hybridized carbons (Fsp3) is 0.800. The molecule has 0 aromatic carbocycles. The topological polar surface area (TPSA) is 75.6 Å². The third kappa shape index (κ3) is 13.4. The zero-order chi connectivity index (χ0) is 19.1. The van der Waals surface area contributed by atoms with Gasteiger partial charge in [0.2, 0.25) is 0 Å². The average Bonchev–Trinajstić information content (AvgIpc) is 2.53. The van der Waals surface area contributed by atoms with E-state index in [1.165, 1.54) is 19.3 Å². The number of unbranched alkanes of at least 4 members (excludes halogenated alkanes) is 5. The van der Waals surface area contributed by atoms with Crippen molar-refractivity contribution in [3.63, 3.8) is 0 Å². The van der Waals surface area contributed by atoms with Crippen molar-refractivity contribution in [1.29, 1.82) is 0 Å². The van der Waals surface area contributed by atoms with Crippen LogP contribution < -0.4 is 5.32 Å². The zero-order valence-electron chi connectivity index (χ0n) is 16.3. The van der Waals surface area contributed by atoms with E-state index in [1.54, 1.807) is 0 Å². The molecule has 146 valence electrons. The summed E-state index contributed by atoms with van der Waals surface area (Å²) in [7, 11) is 0. The van der Waals surface area contributed by atoms with Gasteiger partial charge in [0, 0.05) is 0 Å². The lowest BCUT2D eigenvalue weighted by molar-refractivity contribution is -0.139. The summed E-state index contributed by atoms with van der Waals surface area (Å²) in [4.78, 5) is 23.4. The molecule has 25 heavy (non-hydrogen) atoms. The van der Waals surface area contributed by atoms with Crippen LogP contribution in [0.1, 0.15) is 85.0 Å². The summed E-state index contributed by atoms with van der Waals surface area (Å²) in [5.41, 5.74) is 0. The van der Waals surface area contributed by atoms with Gasteiger partial charge in [-0.25, -0.2) is 9.59 Å². The summed E-state index contributed by atoms with van der Waals surface area (Å²) in [5.74, 6) is -0.836. The van der Waals surface area contributed by atoms with Crippen molar-refractivity contribution in [1.82, 2.24) is 5.32 Å². The van der Waals surface area contributed by atoms with E-state index in [4.69, 9.17) is 4.74 Å². The molecule has 0 spiro atoms. The number of allylic oxidation sites excluding steroid dienone is 1.